The summed E-state index contributed by atoms with van der Waals surface area (Å²) in [6, 6.07) is 11.8. The van der Waals surface area contributed by atoms with Gasteiger partial charge in [-0.05, 0) is 11.5 Å². The van der Waals surface area contributed by atoms with Gasteiger partial charge < -0.3 is 10.0 Å². The van der Waals surface area contributed by atoms with E-state index in [1.807, 2.05) is 37.3 Å². The molecule has 0 fully saturated rings. The molecule has 0 spiro atoms. The van der Waals surface area contributed by atoms with Crippen molar-refractivity contribution in [2.45, 2.75) is 25.6 Å². The van der Waals surface area contributed by atoms with Crippen molar-refractivity contribution in [2.24, 2.45) is 5.92 Å². The van der Waals surface area contributed by atoms with Crippen LogP contribution in [0.1, 0.15) is 25.3 Å². The van der Waals surface area contributed by atoms with E-state index < -0.39 is 18.9 Å². The van der Waals surface area contributed by atoms with Gasteiger partial charge in [-0.15, -0.1) is 0 Å². The van der Waals surface area contributed by atoms with E-state index in [0.29, 0.717) is 0 Å². The molecule has 0 aliphatic heterocycles. The summed E-state index contributed by atoms with van der Waals surface area (Å²) in [6.45, 7) is 3.61. The third-order valence-electron chi connectivity index (χ3n) is 3.05. The molecule has 0 heterocycles. The minimum atomic E-state index is -1.45. The topological polar surface area (TPSA) is 64.2 Å². The maximum absolute atomic E-state index is 9.12. The smallest absolute Gasteiger partial charge is 0.427 e. The lowest BCUT2D eigenvalue weighted by Crippen LogP contribution is -2.27. The molecular formula is C12H16BNO2. The summed E-state index contributed by atoms with van der Waals surface area (Å²) in [5.74, 6) is -0.870. The van der Waals surface area contributed by atoms with Crippen LogP contribution in [0.3, 0.4) is 0 Å². The average molecular weight is 217 g/mol. The van der Waals surface area contributed by atoms with E-state index in [1.54, 1.807) is 6.92 Å². The Balaban J connectivity index is 2.87. The molecule has 0 saturated carbocycles. The van der Waals surface area contributed by atoms with Crippen molar-refractivity contribution in [3.8, 4) is 6.07 Å². The van der Waals surface area contributed by atoms with Gasteiger partial charge in [-0.1, -0.05) is 44.2 Å². The van der Waals surface area contributed by atoms with E-state index in [-0.39, 0.29) is 5.92 Å². The highest BCUT2D eigenvalue weighted by molar-refractivity contribution is 6.43. The fraction of sp³-hybridized carbons (Fsp3) is 0.417. The minimum absolute atomic E-state index is 0.0111. The Bertz CT molecular complexity index is 361. The summed E-state index contributed by atoms with van der Waals surface area (Å²) in [5, 5.41) is 27.4. The van der Waals surface area contributed by atoms with E-state index >= 15 is 0 Å². The number of rotatable bonds is 4. The summed E-state index contributed by atoms with van der Waals surface area (Å²) in [7, 11) is -1.45. The van der Waals surface area contributed by atoms with Gasteiger partial charge in [0.25, 0.3) is 0 Å². The van der Waals surface area contributed by atoms with Crippen LogP contribution in [0, 0.1) is 17.2 Å². The van der Waals surface area contributed by atoms with Crippen LogP contribution in [0.25, 0.3) is 0 Å². The van der Waals surface area contributed by atoms with Gasteiger partial charge in [0.2, 0.25) is 0 Å². The van der Waals surface area contributed by atoms with Crippen molar-refractivity contribution in [1.82, 2.24) is 0 Å². The molecule has 4 heteroatoms. The van der Waals surface area contributed by atoms with E-state index in [2.05, 4.69) is 6.07 Å². The molecule has 1 aromatic rings. The lowest BCUT2D eigenvalue weighted by atomic mass is 9.63. The van der Waals surface area contributed by atoms with Crippen LogP contribution in [-0.2, 0) is 0 Å². The van der Waals surface area contributed by atoms with Gasteiger partial charge >= 0.3 is 7.12 Å². The van der Waals surface area contributed by atoms with Crippen molar-refractivity contribution >= 4 is 7.12 Å². The summed E-state index contributed by atoms with van der Waals surface area (Å²) in [4.78, 5) is 0. The second-order valence-corrected chi connectivity index (χ2v) is 4.13. The first-order valence-electron chi connectivity index (χ1n) is 5.38. The third-order valence-corrected chi connectivity index (χ3v) is 3.05. The summed E-state index contributed by atoms with van der Waals surface area (Å²) in [6.07, 6.45) is 0. The molecule has 3 atom stereocenters. The first kappa shape index (κ1) is 12.8. The van der Waals surface area contributed by atoms with Crippen LogP contribution in [0.2, 0.25) is 5.82 Å². The second kappa shape index (κ2) is 5.69. The highest BCUT2D eigenvalue weighted by Gasteiger charge is 2.32. The standard InChI is InChI=1S/C12H16BNO2/c1-9(11-6-4-3-5-7-11)12(8-14)10(2)13(15)16/h3-7,9-10,12,15-16H,1-2H3. The molecule has 0 aliphatic rings. The summed E-state index contributed by atoms with van der Waals surface area (Å²) in [5.41, 5.74) is 1.04. The molecule has 0 amide bonds. The summed E-state index contributed by atoms with van der Waals surface area (Å²) >= 11 is 0. The minimum Gasteiger partial charge on any atom is -0.427 e. The number of hydrogen-bond donors (Lipinski definition) is 2. The van der Waals surface area contributed by atoms with Crippen molar-refractivity contribution in [3.05, 3.63) is 35.9 Å². The SMILES string of the molecule is CC(B(O)O)C(C#N)C(C)c1ccccc1. The zero-order valence-corrected chi connectivity index (χ0v) is 9.54. The number of nitriles is 1. The molecule has 84 valence electrons. The van der Waals surface area contributed by atoms with Crippen LogP contribution in [0.5, 0.6) is 0 Å². The zero-order chi connectivity index (χ0) is 12.1. The fourth-order valence-corrected chi connectivity index (χ4v) is 1.83. The van der Waals surface area contributed by atoms with Gasteiger partial charge in [0, 0.05) is 5.82 Å². The molecular weight excluding hydrogens is 201 g/mol. The third kappa shape index (κ3) is 2.85. The van der Waals surface area contributed by atoms with Gasteiger partial charge in [0.15, 0.2) is 0 Å². The van der Waals surface area contributed by atoms with E-state index in [0.717, 1.165) is 5.56 Å². The number of nitrogens with zero attached hydrogens (tertiary/aromatic N) is 1. The van der Waals surface area contributed by atoms with Crippen molar-refractivity contribution in [2.75, 3.05) is 0 Å². The van der Waals surface area contributed by atoms with Crippen molar-refractivity contribution < 1.29 is 10.0 Å². The molecule has 2 N–H and O–H groups in total. The van der Waals surface area contributed by atoms with Gasteiger partial charge in [-0.3, -0.25) is 0 Å². The maximum Gasteiger partial charge on any atom is 0.455 e. The van der Waals surface area contributed by atoms with E-state index in [1.165, 1.54) is 0 Å². The Morgan fingerprint density at radius 3 is 2.19 bits per heavy atom. The van der Waals surface area contributed by atoms with Crippen molar-refractivity contribution in [1.29, 1.82) is 5.26 Å². The van der Waals surface area contributed by atoms with Gasteiger partial charge in [0.05, 0.1) is 12.0 Å². The van der Waals surface area contributed by atoms with Gasteiger partial charge in [-0.25, -0.2) is 0 Å². The molecule has 0 bridgehead atoms. The molecule has 0 aromatic heterocycles. The predicted molar refractivity (Wildman–Crippen MR) is 63.6 cm³/mol. The molecule has 16 heavy (non-hydrogen) atoms. The lowest BCUT2D eigenvalue weighted by Gasteiger charge is -2.23. The second-order valence-electron chi connectivity index (χ2n) is 4.13. The maximum atomic E-state index is 9.12. The number of benzene rings is 1. The first-order chi connectivity index (χ1) is 7.57. The van der Waals surface area contributed by atoms with Crippen LogP contribution in [-0.4, -0.2) is 17.2 Å². The Morgan fingerprint density at radius 2 is 1.75 bits per heavy atom. The molecule has 0 saturated heterocycles. The largest absolute Gasteiger partial charge is 0.455 e. The Kier molecular flexibility index (Phi) is 4.54. The quantitative estimate of drug-likeness (QED) is 0.755. The molecule has 1 rings (SSSR count). The van der Waals surface area contributed by atoms with Crippen molar-refractivity contribution in [3.63, 3.8) is 0 Å². The van der Waals surface area contributed by atoms with E-state index in [4.69, 9.17) is 15.3 Å². The van der Waals surface area contributed by atoms with Crippen LogP contribution >= 0.6 is 0 Å². The highest BCUT2D eigenvalue weighted by atomic mass is 16.4. The highest BCUT2D eigenvalue weighted by Crippen LogP contribution is 2.33. The van der Waals surface area contributed by atoms with Crippen LogP contribution in [0.15, 0.2) is 30.3 Å². The Morgan fingerprint density at radius 1 is 1.19 bits per heavy atom. The van der Waals surface area contributed by atoms with Gasteiger partial charge in [0.1, 0.15) is 0 Å². The monoisotopic (exact) mass is 217 g/mol. The van der Waals surface area contributed by atoms with Gasteiger partial charge in [-0.2, -0.15) is 5.26 Å². The zero-order valence-electron chi connectivity index (χ0n) is 9.54. The van der Waals surface area contributed by atoms with E-state index in [9.17, 15) is 0 Å². The number of hydrogen-bond acceptors (Lipinski definition) is 3. The predicted octanol–water partition coefficient (Wildman–Crippen LogP) is 1.79. The van der Waals surface area contributed by atoms with Crippen LogP contribution in [0.4, 0.5) is 0 Å². The summed E-state index contributed by atoms with van der Waals surface area (Å²) < 4.78 is 0. The molecule has 0 radical (unpaired) electrons. The molecule has 3 unspecified atom stereocenters. The molecule has 3 nitrogen and oxygen atoms in total. The first-order valence-corrected chi connectivity index (χ1v) is 5.38. The Hall–Kier alpha value is -1.31. The molecule has 1 aromatic carbocycles. The average Bonchev–Trinajstić information content (AvgIpc) is 2.30. The fourth-order valence-electron chi connectivity index (χ4n) is 1.83. The Labute approximate surface area is 96.5 Å². The van der Waals surface area contributed by atoms with Crippen LogP contribution < -0.4 is 0 Å². The lowest BCUT2D eigenvalue weighted by molar-refractivity contribution is 0.360. The molecule has 0 aliphatic carbocycles. The normalized spacial score (nSPS) is 15.9.